The van der Waals surface area contributed by atoms with Gasteiger partial charge in [0, 0.05) is 49.2 Å². The Morgan fingerprint density at radius 2 is 1.77 bits per heavy atom. The lowest BCUT2D eigenvalue weighted by Gasteiger charge is -2.20. The Bertz CT molecular complexity index is 893. The first-order valence-corrected chi connectivity index (χ1v) is 11.0. The van der Waals surface area contributed by atoms with Crippen LogP contribution in [-0.4, -0.2) is 43.4 Å². The number of hydrogen-bond donors (Lipinski definition) is 2. The fourth-order valence-electron chi connectivity index (χ4n) is 3.65. The molecule has 0 atom stereocenters. The van der Waals surface area contributed by atoms with Crippen molar-refractivity contribution < 1.29 is 4.79 Å². The van der Waals surface area contributed by atoms with Crippen molar-refractivity contribution in [2.75, 3.05) is 26.7 Å². The van der Waals surface area contributed by atoms with Crippen LogP contribution in [0.25, 0.3) is 0 Å². The number of nitrogens with one attached hydrogen (secondary N) is 2. The Kier molecular flexibility index (Phi) is 9.62. The SMILES string of the molecule is CCN(CC)C(=O)c1ccc(CNC(=NC)NCC2(c3cccc(Cl)c3)CC2)cc1.I. The molecule has 1 saturated carbocycles. The van der Waals surface area contributed by atoms with Crippen LogP contribution in [-0.2, 0) is 12.0 Å². The van der Waals surface area contributed by atoms with Crippen LogP contribution in [0.1, 0.15) is 48.2 Å². The number of amides is 1. The maximum absolute atomic E-state index is 12.4. The summed E-state index contributed by atoms with van der Waals surface area (Å²) in [6.45, 7) is 6.90. The van der Waals surface area contributed by atoms with Crippen molar-refractivity contribution in [3.05, 3.63) is 70.2 Å². The van der Waals surface area contributed by atoms with Gasteiger partial charge < -0.3 is 15.5 Å². The highest BCUT2D eigenvalue weighted by molar-refractivity contribution is 14.0. The summed E-state index contributed by atoms with van der Waals surface area (Å²) in [5.41, 5.74) is 3.26. The van der Waals surface area contributed by atoms with E-state index in [9.17, 15) is 4.79 Å². The molecule has 1 aliphatic rings. The molecule has 3 rings (SSSR count). The molecule has 7 heteroatoms. The van der Waals surface area contributed by atoms with Gasteiger partial charge in [-0.3, -0.25) is 9.79 Å². The van der Waals surface area contributed by atoms with E-state index in [0.717, 1.165) is 54.6 Å². The lowest BCUT2D eigenvalue weighted by molar-refractivity contribution is 0.0773. The number of benzene rings is 2. The van der Waals surface area contributed by atoms with Gasteiger partial charge in [0.25, 0.3) is 5.91 Å². The molecule has 31 heavy (non-hydrogen) atoms. The third-order valence-corrected chi connectivity index (χ3v) is 6.05. The number of rotatable bonds is 8. The molecule has 0 radical (unpaired) electrons. The first-order valence-electron chi connectivity index (χ1n) is 10.6. The van der Waals surface area contributed by atoms with Gasteiger partial charge in [0.2, 0.25) is 0 Å². The average Bonchev–Trinajstić information content (AvgIpc) is 3.56. The van der Waals surface area contributed by atoms with Gasteiger partial charge >= 0.3 is 0 Å². The second kappa shape index (κ2) is 11.7. The minimum absolute atomic E-state index is 0. The van der Waals surface area contributed by atoms with Crippen LogP contribution in [0.4, 0.5) is 0 Å². The average molecular weight is 555 g/mol. The van der Waals surface area contributed by atoms with Gasteiger partial charge in [-0.2, -0.15) is 0 Å². The van der Waals surface area contributed by atoms with Crippen LogP contribution in [0.2, 0.25) is 5.02 Å². The molecule has 1 amide bonds. The predicted octanol–water partition coefficient (Wildman–Crippen LogP) is 4.84. The van der Waals surface area contributed by atoms with Crippen LogP contribution in [0, 0.1) is 0 Å². The molecular formula is C24H32ClIN4O. The predicted molar refractivity (Wildman–Crippen MR) is 140 cm³/mol. The quantitative estimate of drug-likeness (QED) is 0.279. The molecule has 2 aromatic rings. The maximum Gasteiger partial charge on any atom is 0.253 e. The lowest BCUT2D eigenvalue weighted by atomic mass is 9.96. The summed E-state index contributed by atoms with van der Waals surface area (Å²) < 4.78 is 0. The zero-order valence-corrected chi connectivity index (χ0v) is 21.5. The fraction of sp³-hybridized carbons (Fsp3) is 0.417. The van der Waals surface area contributed by atoms with E-state index in [1.807, 2.05) is 55.1 Å². The van der Waals surface area contributed by atoms with Crippen molar-refractivity contribution in [1.29, 1.82) is 0 Å². The zero-order valence-electron chi connectivity index (χ0n) is 18.5. The summed E-state index contributed by atoms with van der Waals surface area (Å²) in [5.74, 6) is 0.847. The second-order valence-electron chi connectivity index (χ2n) is 7.74. The fourth-order valence-corrected chi connectivity index (χ4v) is 3.84. The van der Waals surface area contributed by atoms with Crippen molar-refractivity contribution in [2.24, 2.45) is 4.99 Å². The minimum Gasteiger partial charge on any atom is -0.356 e. The van der Waals surface area contributed by atoms with E-state index in [1.165, 1.54) is 5.56 Å². The van der Waals surface area contributed by atoms with Crippen LogP contribution < -0.4 is 10.6 Å². The smallest absolute Gasteiger partial charge is 0.253 e. The van der Waals surface area contributed by atoms with E-state index in [1.54, 1.807) is 7.05 Å². The summed E-state index contributed by atoms with van der Waals surface area (Å²) in [4.78, 5) is 18.6. The third kappa shape index (κ3) is 6.59. The topological polar surface area (TPSA) is 56.7 Å². The first-order chi connectivity index (χ1) is 14.5. The van der Waals surface area contributed by atoms with Gasteiger partial charge in [-0.1, -0.05) is 35.9 Å². The summed E-state index contributed by atoms with van der Waals surface area (Å²) >= 11 is 6.17. The van der Waals surface area contributed by atoms with Gasteiger partial charge in [0.05, 0.1) is 0 Å². The Morgan fingerprint density at radius 1 is 1.10 bits per heavy atom. The maximum atomic E-state index is 12.4. The number of carbonyl (C=O) groups is 1. The van der Waals surface area contributed by atoms with E-state index in [-0.39, 0.29) is 35.3 Å². The molecule has 0 aromatic heterocycles. The van der Waals surface area contributed by atoms with Gasteiger partial charge in [-0.15, -0.1) is 24.0 Å². The molecule has 0 saturated heterocycles. The molecule has 5 nitrogen and oxygen atoms in total. The molecule has 2 aromatic carbocycles. The highest BCUT2D eigenvalue weighted by atomic mass is 127. The number of carbonyl (C=O) groups excluding carboxylic acids is 1. The standard InChI is InChI=1S/C24H31ClN4O.HI/c1-4-29(5-2)22(30)19-11-9-18(10-12-19)16-27-23(26-3)28-17-24(13-14-24)20-7-6-8-21(25)15-20;/h6-12,15H,4-5,13-14,16-17H2,1-3H3,(H2,26,27,28);1H. The van der Waals surface area contributed by atoms with E-state index in [2.05, 4.69) is 27.8 Å². The van der Waals surface area contributed by atoms with E-state index in [4.69, 9.17) is 11.6 Å². The number of aliphatic imine (C=N–C) groups is 1. The Hall–Kier alpha value is -1.80. The van der Waals surface area contributed by atoms with Crippen molar-refractivity contribution in [1.82, 2.24) is 15.5 Å². The van der Waals surface area contributed by atoms with Crippen LogP contribution >= 0.6 is 35.6 Å². The number of halogens is 2. The number of guanidine groups is 1. The summed E-state index contributed by atoms with van der Waals surface area (Å²) in [5, 5.41) is 7.60. The largest absolute Gasteiger partial charge is 0.356 e. The van der Waals surface area contributed by atoms with Gasteiger partial charge in [0.15, 0.2) is 5.96 Å². The molecule has 0 bridgehead atoms. The zero-order chi connectivity index (χ0) is 21.6. The van der Waals surface area contributed by atoms with Gasteiger partial charge in [0.1, 0.15) is 0 Å². The normalized spacial score (nSPS) is 14.4. The molecule has 2 N–H and O–H groups in total. The van der Waals surface area contributed by atoms with Crippen molar-refractivity contribution >= 4 is 47.4 Å². The van der Waals surface area contributed by atoms with Gasteiger partial charge in [-0.05, 0) is 62.1 Å². The highest BCUT2D eigenvalue weighted by Crippen LogP contribution is 2.48. The molecule has 168 valence electrons. The Morgan fingerprint density at radius 3 is 2.32 bits per heavy atom. The molecule has 0 unspecified atom stereocenters. The van der Waals surface area contributed by atoms with Crippen LogP contribution in [0.15, 0.2) is 53.5 Å². The molecule has 0 aliphatic heterocycles. The third-order valence-electron chi connectivity index (χ3n) is 5.82. The van der Waals surface area contributed by atoms with Crippen LogP contribution in [0.5, 0.6) is 0 Å². The Balaban J connectivity index is 0.00000341. The van der Waals surface area contributed by atoms with Gasteiger partial charge in [-0.25, -0.2) is 0 Å². The molecule has 1 fully saturated rings. The molecule has 1 aliphatic carbocycles. The number of hydrogen-bond acceptors (Lipinski definition) is 2. The lowest BCUT2D eigenvalue weighted by Crippen LogP contribution is -2.40. The van der Waals surface area contributed by atoms with Crippen molar-refractivity contribution in [3.63, 3.8) is 0 Å². The second-order valence-corrected chi connectivity index (χ2v) is 8.18. The summed E-state index contributed by atoms with van der Waals surface area (Å²) in [6, 6.07) is 15.9. The van der Waals surface area contributed by atoms with Crippen LogP contribution in [0.3, 0.4) is 0 Å². The van der Waals surface area contributed by atoms with Crippen molar-refractivity contribution in [3.8, 4) is 0 Å². The highest BCUT2D eigenvalue weighted by Gasteiger charge is 2.44. The van der Waals surface area contributed by atoms with E-state index in [0.29, 0.717) is 6.54 Å². The van der Waals surface area contributed by atoms with E-state index >= 15 is 0 Å². The van der Waals surface area contributed by atoms with E-state index < -0.39 is 0 Å². The summed E-state index contributed by atoms with van der Waals surface area (Å²) in [7, 11) is 1.78. The number of nitrogens with zero attached hydrogens (tertiary/aromatic N) is 2. The first kappa shape index (κ1) is 25.5. The molecule has 0 spiro atoms. The minimum atomic E-state index is 0. The van der Waals surface area contributed by atoms with Crippen molar-refractivity contribution in [2.45, 2.75) is 38.6 Å². The molecule has 0 heterocycles. The molecular weight excluding hydrogens is 523 g/mol. The Labute approximate surface area is 207 Å². The summed E-state index contributed by atoms with van der Waals surface area (Å²) in [6.07, 6.45) is 2.30. The monoisotopic (exact) mass is 554 g/mol.